The van der Waals surface area contributed by atoms with Crippen molar-refractivity contribution in [2.45, 2.75) is 19.9 Å². The normalized spacial score (nSPS) is 19.4. The molecule has 1 aliphatic rings. The van der Waals surface area contributed by atoms with Gasteiger partial charge in [0.1, 0.15) is 5.75 Å². The third-order valence-corrected chi connectivity index (χ3v) is 5.66. The van der Waals surface area contributed by atoms with Crippen LogP contribution in [0.5, 0.6) is 5.75 Å². The van der Waals surface area contributed by atoms with Crippen molar-refractivity contribution < 1.29 is 13.2 Å². The number of halogens is 1. The van der Waals surface area contributed by atoms with Crippen LogP contribution in [0.4, 0.5) is 0 Å². The second-order valence-corrected chi connectivity index (χ2v) is 7.85. The van der Waals surface area contributed by atoms with Crippen molar-refractivity contribution in [1.29, 1.82) is 0 Å². The number of benzene rings is 1. The van der Waals surface area contributed by atoms with E-state index in [0.29, 0.717) is 31.4 Å². The molecule has 0 saturated carbocycles. The van der Waals surface area contributed by atoms with Crippen molar-refractivity contribution in [1.82, 2.24) is 10.6 Å². The van der Waals surface area contributed by atoms with Gasteiger partial charge in [0.05, 0.1) is 18.1 Å². The van der Waals surface area contributed by atoms with E-state index in [2.05, 4.69) is 15.6 Å². The Labute approximate surface area is 161 Å². The molecule has 1 heterocycles. The van der Waals surface area contributed by atoms with Gasteiger partial charge in [-0.1, -0.05) is 18.2 Å². The Morgan fingerprint density at radius 2 is 2.08 bits per heavy atom. The molecule has 2 N–H and O–H groups in total. The van der Waals surface area contributed by atoms with Crippen LogP contribution in [0.15, 0.2) is 29.3 Å². The minimum Gasteiger partial charge on any atom is -0.494 e. The van der Waals surface area contributed by atoms with E-state index in [1.165, 1.54) is 0 Å². The van der Waals surface area contributed by atoms with Crippen molar-refractivity contribution in [3.05, 3.63) is 29.8 Å². The van der Waals surface area contributed by atoms with Gasteiger partial charge in [-0.05, 0) is 25.3 Å². The van der Waals surface area contributed by atoms with Gasteiger partial charge in [0.15, 0.2) is 15.8 Å². The van der Waals surface area contributed by atoms with Gasteiger partial charge < -0.3 is 15.4 Å². The largest absolute Gasteiger partial charge is 0.494 e. The fourth-order valence-corrected chi connectivity index (χ4v) is 4.48. The molecule has 0 spiro atoms. The monoisotopic (exact) mass is 467 g/mol. The van der Waals surface area contributed by atoms with Crippen LogP contribution >= 0.6 is 24.0 Å². The third-order valence-electron chi connectivity index (χ3n) is 3.83. The van der Waals surface area contributed by atoms with Gasteiger partial charge in [-0.25, -0.2) is 8.42 Å². The Morgan fingerprint density at radius 3 is 2.71 bits per heavy atom. The van der Waals surface area contributed by atoms with E-state index in [1.807, 2.05) is 31.2 Å². The fraction of sp³-hybridized carbons (Fsp3) is 0.562. The lowest BCUT2D eigenvalue weighted by Crippen LogP contribution is -2.39. The van der Waals surface area contributed by atoms with E-state index >= 15 is 0 Å². The minimum atomic E-state index is -2.83. The summed E-state index contributed by atoms with van der Waals surface area (Å²) in [5, 5.41) is 6.44. The summed E-state index contributed by atoms with van der Waals surface area (Å²) in [7, 11) is -1.13. The Morgan fingerprint density at radius 1 is 1.33 bits per heavy atom. The first kappa shape index (κ1) is 21.0. The molecule has 136 valence electrons. The second kappa shape index (κ2) is 10.1. The highest BCUT2D eigenvalue weighted by Crippen LogP contribution is 2.18. The van der Waals surface area contributed by atoms with Gasteiger partial charge in [-0.15, -0.1) is 24.0 Å². The number of aliphatic imine (C=N–C) groups is 1. The lowest BCUT2D eigenvalue weighted by Gasteiger charge is -2.16. The lowest BCUT2D eigenvalue weighted by molar-refractivity contribution is 0.336. The maximum Gasteiger partial charge on any atom is 0.191 e. The van der Waals surface area contributed by atoms with Gasteiger partial charge >= 0.3 is 0 Å². The molecule has 0 radical (unpaired) electrons. The molecule has 1 unspecified atom stereocenters. The van der Waals surface area contributed by atoms with Crippen LogP contribution in [0.3, 0.4) is 0 Å². The molecule has 2 rings (SSSR count). The lowest BCUT2D eigenvalue weighted by atomic mass is 10.1. The van der Waals surface area contributed by atoms with E-state index < -0.39 is 9.84 Å². The highest BCUT2D eigenvalue weighted by molar-refractivity contribution is 14.0. The van der Waals surface area contributed by atoms with Gasteiger partial charge in [-0.2, -0.15) is 0 Å². The molecule has 0 amide bonds. The van der Waals surface area contributed by atoms with Crippen LogP contribution in [0.2, 0.25) is 0 Å². The summed E-state index contributed by atoms with van der Waals surface area (Å²) in [6.45, 7) is 3.80. The van der Waals surface area contributed by atoms with Crippen molar-refractivity contribution in [2.24, 2.45) is 10.9 Å². The number of nitrogens with zero attached hydrogens (tertiary/aromatic N) is 1. The number of ether oxygens (including phenoxy) is 1. The number of sulfone groups is 1. The number of nitrogens with one attached hydrogen (secondary N) is 2. The summed E-state index contributed by atoms with van der Waals surface area (Å²) in [5.74, 6) is 2.26. The highest BCUT2D eigenvalue weighted by atomic mass is 127. The molecule has 1 atom stereocenters. The van der Waals surface area contributed by atoms with Crippen molar-refractivity contribution >= 4 is 39.8 Å². The molecule has 1 aliphatic heterocycles. The molecular formula is C16H26IN3O3S. The van der Waals surface area contributed by atoms with Gasteiger partial charge in [0, 0.05) is 25.7 Å². The molecule has 1 aromatic carbocycles. The standard InChI is InChI=1S/C16H25N3O3S.HI/c1-3-22-15-7-5-4-6-14(15)11-19-16(17-2)18-10-13-8-9-23(20,21)12-13;/h4-7,13H,3,8-12H2,1-2H3,(H2,17,18,19);1H. The Kier molecular flexibility index (Phi) is 8.82. The zero-order valence-corrected chi connectivity index (χ0v) is 17.3. The first-order chi connectivity index (χ1) is 11.0. The Balaban J connectivity index is 0.00000288. The molecule has 1 aromatic rings. The van der Waals surface area contributed by atoms with Crippen LogP contribution in [0.1, 0.15) is 18.9 Å². The summed E-state index contributed by atoms with van der Waals surface area (Å²) in [5.41, 5.74) is 1.06. The number of hydrogen-bond acceptors (Lipinski definition) is 4. The summed E-state index contributed by atoms with van der Waals surface area (Å²) >= 11 is 0. The molecule has 1 fully saturated rings. The molecule has 6 nitrogen and oxygen atoms in total. The summed E-state index contributed by atoms with van der Waals surface area (Å²) in [4.78, 5) is 4.18. The smallest absolute Gasteiger partial charge is 0.191 e. The van der Waals surface area contributed by atoms with E-state index in [0.717, 1.165) is 17.7 Å². The summed E-state index contributed by atoms with van der Waals surface area (Å²) in [6.07, 6.45) is 0.722. The fourth-order valence-electron chi connectivity index (χ4n) is 2.62. The van der Waals surface area contributed by atoms with Crippen molar-refractivity contribution in [3.63, 3.8) is 0 Å². The zero-order valence-electron chi connectivity index (χ0n) is 14.1. The summed E-state index contributed by atoms with van der Waals surface area (Å²) < 4.78 is 28.6. The van der Waals surface area contributed by atoms with Crippen LogP contribution in [-0.2, 0) is 16.4 Å². The molecule has 8 heteroatoms. The highest BCUT2D eigenvalue weighted by Gasteiger charge is 2.27. The van der Waals surface area contributed by atoms with Gasteiger partial charge in [0.25, 0.3) is 0 Å². The van der Waals surface area contributed by atoms with E-state index in [9.17, 15) is 8.42 Å². The Bertz CT molecular complexity index is 650. The molecular weight excluding hydrogens is 441 g/mol. The number of rotatable bonds is 6. The average Bonchev–Trinajstić information content (AvgIpc) is 2.88. The van der Waals surface area contributed by atoms with Gasteiger partial charge in [0.2, 0.25) is 0 Å². The molecule has 1 saturated heterocycles. The van der Waals surface area contributed by atoms with Gasteiger partial charge in [-0.3, -0.25) is 4.99 Å². The first-order valence-electron chi connectivity index (χ1n) is 7.89. The van der Waals surface area contributed by atoms with Crippen LogP contribution in [-0.4, -0.2) is 46.1 Å². The first-order valence-corrected chi connectivity index (χ1v) is 9.72. The van der Waals surface area contributed by atoms with Crippen LogP contribution in [0.25, 0.3) is 0 Å². The second-order valence-electron chi connectivity index (χ2n) is 5.62. The maximum atomic E-state index is 11.5. The predicted molar refractivity (Wildman–Crippen MR) is 108 cm³/mol. The quantitative estimate of drug-likeness (QED) is 0.379. The molecule has 0 aromatic heterocycles. The van der Waals surface area contributed by atoms with E-state index in [4.69, 9.17) is 4.74 Å². The van der Waals surface area contributed by atoms with Crippen LogP contribution in [0, 0.1) is 5.92 Å². The number of hydrogen-bond donors (Lipinski definition) is 2. The van der Waals surface area contributed by atoms with Crippen molar-refractivity contribution in [2.75, 3.05) is 31.7 Å². The molecule has 0 bridgehead atoms. The molecule has 24 heavy (non-hydrogen) atoms. The van der Waals surface area contributed by atoms with Crippen LogP contribution < -0.4 is 15.4 Å². The number of para-hydroxylation sites is 1. The topological polar surface area (TPSA) is 79.8 Å². The minimum absolute atomic E-state index is 0. The summed E-state index contributed by atoms with van der Waals surface area (Å²) in [6, 6.07) is 7.87. The average molecular weight is 467 g/mol. The number of guanidine groups is 1. The van der Waals surface area contributed by atoms with E-state index in [-0.39, 0.29) is 35.6 Å². The van der Waals surface area contributed by atoms with E-state index in [1.54, 1.807) is 7.05 Å². The molecule has 0 aliphatic carbocycles. The Hall–Kier alpha value is -1.03. The predicted octanol–water partition coefficient (Wildman–Crippen LogP) is 1.80. The SMILES string of the molecule is CCOc1ccccc1CNC(=NC)NCC1CCS(=O)(=O)C1.I. The third kappa shape index (κ3) is 6.46. The zero-order chi connectivity index (χ0) is 16.7. The van der Waals surface area contributed by atoms with Crippen molar-refractivity contribution in [3.8, 4) is 5.75 Å². The maximum absolute atomic E-state index is 11.5.